The van der Waals surface area contributed by atoms with E-state index in [9.17, 15) is 0 Å². The predicted octanol–water partition coefficient (Wildman–Crippen LogP) is -0.271. The van der Waals surface area contributed by atoms with E-state index in [1.165, 1.54) is 0 Å². The van der Waals surface area contributed by atoms with Gasteiger partial charge in [0.25, 0.3) is 0 Å². The van der Waals surface area contributed by atoms with Gasteiger partial charge in [-0.05, 0) is 0 Å². The molecular formula is C8H18NO3Si+3. The summed E-state index contributed by atoms with van der Waals surface area (Å²) in [5.41, 5.74) is 0. The fourth-order valence-electron chi connectivity index (χ4n) is 0.744. The first-order chi connectivity index (χ1) is 6.41. The van der Waals surface area contributed by atoms with E-state index in [0.717, 1.165) is 19.7 Å². The van der Waals surface area contributed by atoms with E-state index in [0.29, 0.717) is 26.4 Å². The van der Waals surface area contributed by atoms with E-state index in [-0.39, 0.29) is 0 Å². The Morgan fingerprint density at radius 1 is 1.00 bits per heavy atom. The number of likely N-dealkylation sites (N-methyl/N-ethyl adjacent to an activating group) is 1. The first kappa shape index (κ1) is 13.1. The SMILES string of the molecule is CCNCCOCCOCCO[Si+3]. The van der Waals surface area contributed by atoms with Gasteiger partial charge in [-0.25, -0.2) is 0 Å². The minimum absolute atomic E-state index is 0.564. The Morgan fingerprint density at radius 3 is 2.23 bits per heavy atom. The summed E-state index contributed by atoms with van der Waals surface area (Å²) in [5, 5.41) is 3.17. The molecule has 74 valence electrons. The molecule has 0 aliphatic heterocycles. The van der Waals surface area contributed by atoms with Crippen molar-refractivity contribution in [3.8, 4) is 0 Å². The topological polar surface area (TPSA) is 39.7 Å². The zero-order valence-corrected chi connectivity index (χ0v) is 9.17. The van der Waals surface area contributed by atoms with Crippen LogP contribution in [0.4, 0.5) is 0 Å². The van der Waals surface area contributed by atoms with E-state index in [1.54, 1.807) is 0 Å². The van der Waals surface area contributed by atoms with Crippen LogP contribution in [0, 0.1) is 0 Å². The normalized spacial score (nSPS) is 10.7. The summed E-state index contributed by atoms with van der Waals surface area (Å²) in [6.07, 6.45) is 0. The van der Waals surface area contributed by atoms with E-state index in [1.807, 2.05) is 0 Å². The van der Waals surface area contributed by atoms with Gasteiger partial charge in [0.2, 0.25) is 0 Å². The fraction of sp³-hybridized carbons (Fsp3) is 1.00. The molecule has 1 N–H and O–H groups in total. The van der Waals surface area contributed by atoms with Crippen LogP contribution in [0.2, 0.25) is 0 Å². The van der Waals surface area contributed by atoms with Gasteiger partial charge in [0.1, 0.15) is 0 Å². The Balaban J connectivity index is 2.76. The monoisotopic (exact) mass is 204 g/mol. The van der Waals surface area contributed by atoms with Gasteiger partial charge in [-0.1, -0.05) is 0 Å². The number of ether oxygens (including phenoxy) is 2. The van der Waals surface area contributed by atoms with Crippen molar-refractivity contribution in [3.05, 3.63) is 0 Å². The average Bonchev–Trinajstić information content (AvgIpc) is 2.16. The molecule has 0 saturated heterocycles. The summed E-state index contributed by atoms with van der Waals surface area (Å²) in [6, 6.07) is 0. The number of hydrogen-bond donors (Lipinski definition) is 1. The van der Waals surface area contributed by atoms with Crippen molar-refractivity contribution in [2.75, 3.05) is 46.1 Å². The first-order valence-electron chi connectivity index (χ1n) is 4.56. The number of rotatable bonds is 10. The van der Waals surface area contributed by atoms with Crippen LogP contribution in [0.5, 0.6) is 0 Å². The zero-order chi connectivity index (χ0) is 9.78. The third-order valence-corrected chi connectivity index (χ3v) is 1.58. The quantitative estimate of drug-likeness (QED) is 0.393. The molecule has 0 aliphatic carbocycles. The van der Waals surface area contributed by atoms with Crippen LogP contribution < -0.4 is 5.32 Å². The standard InChI is InChI=1S/C8H18NO3Si/c1-2-9-3-4-10-5-6-11-7-8-12-13/h9H,2-8H2,1H3/q+3. The second-order valence-corrected chi connectivity index (χ2v) is 2.72. The molecule has 0 heterocycles. The Bertz CT molecular complexity index is 85.5. The molecular weight excluding hydrogens is 186 g/mol. The van der Waals surface area contributed by atoms with Crippen LogP contribution in [0.15, 0.2) is 0 Å². The van der Waals surface area contributed by atoms with Gasteiger partial charge in [0.15, 0.2) is 0 Å². The molecule has 0 amide bonds. The molecule has 0 radical (unpaired) electrons. The van der Waals surface area contributed by atoms with Gasteiger partial charge in [-0.2, -0.15) is 0 Å². The van der Waals surface area contributed by atoms with E-state index in [2.05, 4.69) is 27.2 Å². The fourth-order valence-corrected chi connectivity index (χ4v) is 0.827. The second kappa shape index (κ2) is 12.1. The number of nitrogens with one attached hydrogen (secondary N) is 1. The van der Waals surface area contributed by atoms with Crippen LogP contribution in [-0.2, 0) is 13.9 Å². The van der Waals surface area contributed by atoms with Gasteiger partial charge < -0.3 is 0 Å². The summed E-state index contributed by atoms with van der Waals surface area (Å²) in [4.78, 5) is 0. The molecule has 13 heavy (non-hydrogen) atoms. The van der Waals surface area contributed by atoms with Crippen molar-refractivity contribution in [2.45, 2.75) is 6.92 Å². The van der Waals surface area contributed by atoms with Crippen molar-refractivity contribution in [3.63, 3.8) is 0 Å². The third kappa shape index (κ3) is 12.1. The van der Waals surface area contributed by atoms with Crippen LogP contribution in [0.3, 0.4) is 0 Å². The molecule has 0 unspecified atom stereocenters. The molecule has 0 bridgehead atoms. The molecule has 0 aromatic carbocycles. The predicted molar refractivity (Wildman–Crippen MR) is 51.9 cm³/mol. The zero-order valence-electron chi connectivity index (χ0n) is 8.17. The molecule has 0 spiro atoms. The molecule has 5 heteroatoms. The first-order valence-corrected chi connectivity index (χ1v) is 4.97. The Kier molecular flexibility index (Phi) is 12.1. The van der Waals surface area contributed by atoms with Crippen LogP contribution in [0.25, 0.3) is 0 Å². The van der Waals surface area contributed by atoms with Gasteiger partial charge in [-0.3, -0.25) is 0 Å². The summed E-state index contributed by atoms with van der Waals surface area (Å²) < 4.78 is 15.1. The van der Waals surface area contributed by atoms with Crippen LogP contribution >= 0.6 is 0 Å². The third-order valence-electron chi connectivity index (χ3n) is 1.37. The van der Waals surface area contributed by atoms with Crippen molar-refractivity contribution in [1.82, 2.24) is 5.32 Å². The van der Waals surface area contributed by atoms with Crippen LogP contribution in [-0.4, -0.2) is 56.6 Å². The Morgan fingerprint density at radius 2 is 1.62 bits per heavy atom. The molecule has 0 atom stereocenters. The maximum absolute atomic E-state index is 5.28. The molecule has 0 fully saturated rings. The van der Waals surface area contributed by atoms with Crippen molar-refractivity contribution in [2.24, 2.45) is 0 Å². The molecule has 0 aromatic heterocycles. The molecule has 4 nitrogen and oxygen atoms in total. The summed E-state index contributed by atoms with van der Waals surface area (Å²) in [5.74, 6) is 0. The second-order valence-electron chi connectivity index (χ2n) is 2.43. The summed E-state index contributed by atoms with van der Waals surface area (Å²) in [7, 11) is 2.88. The van der Waals surface area contributed by atoms with E-state index in [4.69, 9.17) is 9.47 Å². The Hall–Kier alpha value is 0.0569. The maximum atomic E-state index is 5.28. The van der Waals surface area contributed by atoms with Crippen molar-refractivity contribution >= 4 is 10.5 Å². The van der Waals surface area contributed by atoms with E-state index < -0.39 is 0 Å². The van der Waals surface area contributed by atoms with Crippen LogP contribution in [0.1, 0.15) is 6.92 Å². The van der Waals surface area contributed by atoms with Gasteiger partial charge in [0, 0.05) is 0 Å². The summed E-state index contributed by atoms with van der Waals surface area (Å²) in [6.45, 7) is 7.14. The summed E-state index contributed by atoms with van der Waals surface area (Å²) >= 11 is 0. The molecule has 0 saturated carbocycles. The van der Waals surface area contributed by atoms with Crippen molar-refractivity contribution < 1.29 is 13.9 Å². The average molecular weight is 204 g/mol. The molecule has 0 aromatic rings. The molecule has 0 aliphatic rings. The van der Waals surface area contributed by atoms with Gasteiger partial charge in [-0.15, -0.1) is 0 Å². The minimum atomic E-state index is 0.564. The molecule has 0 rings (SSSR count). The van der Waals surface area contributed by atoms with Gasteiger partial charge in [0.05, 0.1) is 0 Å². The van der Waals surface area contributed by atoms with E-state index >= 15 is 0 Å². The number of hydrogen-bond acceptors (Lipinski definition) is 4. The Labute approximate surface area is 83.5 Å². The van der Waals surface area contributed by atoms with Crippen molar-refractivity contribution in [1.29, 1.82) is 0 Å². The van der Waals surface area contributed by atoms with Gasteiger partial charge >= 0.3 is 82.8 Å².